The Morgan fingerprint density at radius 2 is 1.35 bits per heavy atom. The average Bonchev–Trinajstić information content (AvgIpc) is 2.90. The molecule has 0 fully saturated rings. The molecule has 0 atom stereocenters. The Bertz CT molecular complexity index is 1360. The number of carbonyl (C=O) groups is 2. The minimum atomic E-state index is -0.517. The Kier molecular flexibility index (Phi) is 9.04. The second-order valence-electron chi connectivity index (χ2n) is 7.76. The van der Waals surface area contributed by atoms with Crippen LogP contribution in [0.2, 0.25) is 0 Å². The van der Waals surface area contributed by atoms with Gasteiger partial charge in [0, 0.05) is 5.56 Å². The number of nitrogens with zero attached hydrogens (tertiary/aromatic N) is 1. The van der Waals surface area contributed by atoms with Crippen LogP contribution in [0.1, 0.15) is 27.9 Å². The van der Waals surface area contributed by atoms with Crippen LogP contribution in [-0.4, -0.2) is 46.9 Å². The number of hydrogen-bond donors (Lipinski definition) is 4. The third-order valence-electron chi connectivity index (χ3n) is 5.12. The summed E-state index contributed by atoms with van der Waals surface area (Å²) in [5, 5.41) is 33.0. The van der Waals surface area contributed by atoms with Crippen molar-refractivity contribution in [2.45, 2.75) is 6.42 Å². The van der Waals surface area contributed by atoms with E-state index in [0.29, 0.717) is 11.1 Å². The van der Waals surface area contributed by atoms with Crippen molar-refractivity contribution in [2.24, 2.45) is 5.10 Å². The van der Waals surface area contributed by atoms with E-state index in [4.69, 9.17) is 9.47 Å². The predicted molar refractivity (Wildman–Crippen MR) is 140 cm³/mol. The number of ether oxygens (including phenoxy) is 2. The van der Waals surface area contributed by atoms with Gasteiger partial charge >= 0.3 is 0 Å². The summed E-state index contributed by atoms with van der Waals surface area (Å²) >= 11 is 0. The first-order chi connectivity index (χ1) is 17.8. The second-order valence-corrected chi connectivity index (χ2v) is 7.76. The monoisotopic (exact) mass is 502 g/mol. The third-order valence-corrected chi connectivity index (χ3v) is 5.12. The molecule has 0 aliphatic carbocycles. The first-order valence-electron chi connectivity index (χ1n) is 11.1. The van der Waals surface area contributed by atoms with Crippen LogP contribution in [0.4, 0.5) is 0 Å². The van der Waals surface area contributed by atoms with Crippen LogP contribution in [0.25, 0.3) is 12.2 Å². The number of carbonyl (C=O) groups excluding carboxylic acids is 2. The highest BCUT2D eigenvalue weighted by Crippen LogP contribution is 2.27. The fraction of sp³-hybridized carbons (Fsp3) is 0.107. The van der Waals surface area contributed by atoms with Crippen LogP contribution in [-0.2, 0) is 4.79 Å². The van der Waals surface area contributed by atoms with Gasteiger partial charge < -0.3 is 24.8 Å². The van der Waals surface area contributed by atoms with E-state index in [0.717, 1.165) is 0 Å². The smallest absolute Gasteiger partial charge is 0.271 e. The van der Waals surface area contributed by atoms with Crippen LogP contribution in [0.3, 0.4) is 0 Å². The number of aromatic hydroxyl groups is 3. The summed E-state index contributed by atoms with van der Waals surface area (Å²) in [6.07, 6.45) is 6.03. The molecular formula is C28H26N2O7. The van der Waals surface area contributed by atoms with Gasteiger partial charge in [0.05, 0.1) is 26.4 Å². The summed E-state index contributed by atoms with van der Waals surface area (Å²) in [5.41, 5.74) is 4.28. The molecule has 0 heterocycles. The van der Waals surface area contributed by atoms with E-state index in [2.05, 4.69) is 10.5 Å². The Morgan fingerprint density at radius 1 is 0.811 bits per heavy atom. The van der Waals surface area contributed by atoms with Crippen LogP contribution in [0.5, 0.6) is 28.7 Å². The third kappa shape index (κ3) is 7.72. The van der Waals surface area contributed by atoms with E-state index in [1.54, 1.807) is 42.5 Å². The molecule has 0 saturated heterocycles. The molecule has 4 N–H and O–H groups in total. The summed E-state index contributed by atoms with van der Waals surface area (Å²) in [4.78, 5) is 25.1. The van der Waals surface area contributed by atoms with E-state index >= 15 is 0 Å². The van der Waals surface area contributed by atoms with Crippen LogP contribution < -0.4 is 14.9 Å². The highest BCUT2D eigenvalue weighted by molar-refractivity contribution is 6.13. The van der Waals surface area contributed by atoms with E-state index in [1.807, 2.05) is 0 Å². The maximum absolute atomic E-state index is 12.7. The standard InChI is InChI=1S/C28H26N2O7/c1-36-26-15-18(5-13-24(26)33)3-9-21(29-30-28(35)20-7-11-22(31)12-8-20)17-23(32)10-4-19-6-14-25(34)27(16-19)37-2/h3-16,31,33-34H,17H2,1-2H3,(H,30,35)/b9-3+,10-4+,29-21+. The Morgan fingerprint density at radius 3 is 1.89 bits per heavy atom. The topological polar surface area (TPSA) is 138 Å². The van der Waals surface area contributed by atoms with Gasteiger partial charge in [-0.3, -0.25) is 9.59 Å². The summed E-state index contributed by atoms with van der Waals surface area (Å²) in [6.45, 7) is 0. The molecule has 9 nitrogen and oxygen atoms in total. The molecule has 3 aromatic rings. The van der Waals surface area contributed by atoms with Crippen LogP contribution >= 0.6 is 0 Å². The minimum absolute atomic E-state index is 0.0131. The normalized spacial score (nSPS) is 11.6. The molecule has 9 heteroatoms. The molecule has 190 valence electrons. The molecule has 0 aliphatic heterocycles. The summed E-state index contributed by atoms with van der Waals surface area (Å²) < 4.78 is 10.2. The maximum Gasteiger partial charge on any atom is 0.271 e. The molecule has 0 radical (unpaired) electrons. The molecular weight excluding hydrogens is 476 g/mol. The van der Waals surface area contributed by atoms with Gasteiger partial charge in [-0.1, -0.05) is 24.3 Å². The minimum Gasteiger partial charge on any atom is -0.508 e. The van der Waals surface area contributed by atoms with Crippen LogP contribution in [0.15, 0.2) is 77.9 Å². The first-order valence-corrected chi connectivity index (χ1v) is 11.1. The van der Waals surface area contributed by atoms with Crippen molar-refractivity contribution in [3.05, 3.63) is 89.5 Å². The Labute approximate surface area is 213 Å². The van der Waals surface area contributed by atoms with Crippen molar-refractivity contribution in [1.82, 2.24) is 5.43 Å². The molecule has 0 saturated carbocycles. The number of amides is 1. The summed E-state index contributed by atoms with van der Waals surface area (Å²) in [5.74, 6) is -0.252. The lowest BCUT2D eigenvalue weighted by atomic mass is 10.1. The van der Waals surface area contributed by atoms with Crippen molar-refractivity contribution >= 4 is 29.6 Å². The number of methoxy groups -OCH3 is 2. The molecule has 1 amide bonds. The van der Waals surface area contributed by atoms with Gasteiger partial charge in [0.1, 0.15) is 5.75 Å². The van der Waals surface area contributed by atoms with Gasteiger partial charge in [-0.15, -0.1) is 0 Å². The molecule has 0 bridgehead atoms. The van der Waals surface area contributed by atoms with Crippen molar-refractivity contribution in [3.63, 3.8) is 0 Å². The number of nitrogens with one attached hydrogen (secondary N) is 1. The molecule has 0 unspecified atom stereocenters. The zero-order valence-electron chi connectivity index (χ0n) is 20.2. The van der Waals surface area contributed by atoms with E-state index in [9.17, 15) is 24.9 Å². The van der Waals surface area contributed by atoms with E-state index in [1.165, 1.54) is 56.7 Å². The fourth-order valence-electron chi connectivity index (χ4n) is 3.15. The van der Waals surface area contributed by atoms with Gasteiger partial charge in [-0.05, 0) is 71.8 Å². The van der Waals surface area contributed by atoms with Crippen molar-refractivity contribution < 1.29 is 34.4 Å². The Hall–Kier alpha value is -5.05. The lowest BCUT2D eigenvalue weighted by Gasteiger charge is -2.05. The first kappa shape index (κ1) is 26.6. The average molecular weight is 503 g/mol. The van der Waals surface area contributed by atoms with Crippen LogP contribution in [0, 0.1) is 0 Å². The summed E-state index contributed by atoms with van der Waals surface area (Å²) in [6, 6.07) is 15.1. The molecule has 0 spiro atoms. The molecule has 0 aromatic heterocycles. The zero-order valence-corrected chi connectivity index (χ0v) is 20.2. The highest BCUT2D eigenvalue weighted by atomic mass is 16.5. The van der Waals surface area contributed by atoms with Gasteiger partial charge in [0.15, 0.2) is 28.8 Å². The number of rotatable bonds is 10. The predicted octanol–water partition coefficient (Wildman–Crippen LogP) is 4.29. The molecule has 3 rings (SSSR count). The van der Waals surface area contributed by atoms with Crippen molar-refractivity contribution in [2.75, 3.05) is 14.2 Å². The quantitative estimate of drug-likeness (QED) is 0.184. The summed E-state index contributed by atoms with van der Waals surface area (Å²) in [7, 11) is 2.86. The lowest BCUT2D eigenvalue weighted by Crippen LogP contribution is -2.20. The fourth-order valence-corrected chi connectivity index (χ4v) is 3.15. The van der Waals surface area contributed by atoms with Crippen molar-refractivity contribution in [1.29, 1.82) is 0 Å². The SMILES string of the molecule is COc1cc(/C=C/C(=O)CC(/C=C/c2ccc(O)c(OC)c2)=N/NC(=O)c2ccc(O)cc2)ccc1O. The van der Waals surface area contributed by atoms with Gasteiger partial charge in [0.25, 0.3) is 5.91 Å². The van der Waals surface area contributed by atoms with Crippen molar-refractivity contribution in [3.8, 4) is 28.7 Å². The number of allylic oxidation sites excluding steroid dienone is 2. The largest absolute Gasteiger partial charge is 0.508 e. The number of phenols is 3. The zero-order chi connectivity index (χ0) is 26.8. The number of hydrogen-bond acceptors (Lipinski definition) is 8. The van der Waals surface area contributed by atoms with Gasteiger partial charge in [-0.25, -0.2) is 5.43 Å². The van der Waals surface area contributed by atoms with Gasteiger partial charge in [0.2, 0.25) is 0 Å². The Balaban J connectivity index is 1.80. The highest BCUT2D eigenvalue weighted by Gasteiger charge is 2.08. The molecule has 3 aromatic carbocycles. The van der Waals surface area contributed by atoms with Gasteiger partial charge in [-0.2, -0.15) is 5.10 Å². The van der Waals surface area contributed by atoms with E-state index in [-0.39, 0.29) is 52.2 Å². The molecule has 0 aliphatic rings. The number of phenolic OH excluding ortho intramolecular Hbond substituents is 3. The second kappa shape index (κ2) is 12.6. The number of ketones is 1. The number of hydrazone groups is 1. The number of benzene rings is 3. The maximum atomic E-state index is 12.7. The van der Waals surface area contributed by atoms with E-state index < -0.39 is 5.91 Å². The molecule has 37 heavy (non-hydrogen) atoms. The lowest BCUT2D eigenvalue weighted by molar-refractivity contribution is -0.113.